The normalized spacial score (nSPS) is 10.9. The first kappa shape index (κ1) is 23.9. The minimum absolute atomic E-state index is 0.250. The Hall–Kier alpha value is -3.24. The maximum absolute atomic E-state index is 13.0. The zero-order valence-corrected chi connectivity index (χ0v) is 21.7. The molecule has 0 spiro atoms. The maximum atomic E-state index is 13.0. The second-order valence-electron chi connectivity index (χ2n) is 7.16. The first-order valence-electron chi connectivity index (χ1n) is 10.1. The van der Waals surface area contributed by atoms with Crippen molar-refractivity contribution in [3.8, 4) is 11.5 Å². The Morgan fingerprint density at radius 1 is 1.00 bits per heavy atom. The number of rotatable bonds is 6. The van der Waals surface area contributed by atoms with Crippen molar-refractivity contribution >= 4 is 67.4 Å². The number of nitrogens with one attached hydrogen (secondary N) is 1. The summed E-state index contributed by atoms with van der Waals surface area (Å²) in [5.74, 6) is -0.225. The summed E-state index contributed by atoms with van der Waals surface area (Å²) < 4.78 is 12.6. The third-order valence-corrected chi connectivity index (χ3v) is 6.18. The van der Waals surface area contributed by atoms with Crippen LogP contribution in [-0.4, -0.2) is 25.2 Å². The number of esters is 1. The molecule has 0 unspecified atom stereocenters. The fourth-order valence-corrected chi connectivity index (χ4v) is 4.41. The number of carbonyl (C=O) groups excluding carboxylic acids is 2. The molecule has 0 aliphatic heterocycles. The lowest BCUT2D eigenvalue weighted by atomic mass is 10.0. The van der Waals surface area contributed by atoms with Gasteiger partial charge in [0.2, 0.25) is 0 Å². The number of amides is 1. The SMILES string of the molecule is COc1cc(/C=N\NC(=O)c2cccc(I)c2)cc(Br)c1OC(=O)c1cccc2ccccc12. The van der Waals surface area contributed by atoms with Crippen LogP contribution in [0.1, 0.15) is 26.3 Å². The van der Waals surface area contributed by atoms with Gasteiger partial charge in [-0.3, -0.25) is 4.79 Å². The Kier molecular flexibility index (Phi) is 7.59. The summed E-state index contributed by atoms with van der Waals surface area (Å²) in [6.07, 6.45) is 1.48. The van der Waals surface area contributed by atoms with Gasteiger partial charge in [-0.05, 0) is 91.3 Å². The third kappa shape index (κ3) is 5.45. The van der Waals surface area contributed by atoms with Crippen LogP contribution in [0, 0.1) is 3.57 Å². The quantitative estimate of drug-likeness (QED) is 0.0907. The molecule has 0 aliphatic carbocycles. The van der Waals surface area contributed by atoms with E-state index >= 15 is 0 Å². The molecule has 0 fully saturated rings. The molecule has 0 bridgehead atoms. The molecule has 1 N–H and O–H groups in total. The molecule has 4 aromatic rings. The summed E-state index contributed by atoms with van der Waals surface area (Å²) in [5, 5.41) is 5.77. The Balaban J connectivity index is 1.53. The lowest BCUT2D eigenvalue weighted by molar-refractivity contribution is 0.0730. The molecular weight excluding hydrogens is 611 g/mol. The van der Waals surface area contributed by atoms with Crippen LogP contribution in [0.2, 0.25) is 0 Å². The minimum atomic E-state index is -0.498. The molecule has 0 saturated carbocycles. The molecule has 0 aromatic heterocycles. The first-order chi connectivity index (χ1) is 16.5. The molecule has 170 valence electrons. The Morgan fingerprint density at radius 3 is 2.56 bits per heavy atom. The number of carbonyl (C=O) groups is 2. The van der Waals surface area contributed by atoms with Gasteiger partial charge < -0.3 is 9.47 Å². The van der Waals surface area contributed by atoms with E-state index in [9.17, 15) is 9.59 Å². The molecular formula is C26H18BrIN2O4. The molecule has 6 nitrogen and oxygen atoms in total. The average Bonchev–Trinajstić information content (AvgIpc) is 2.84. The molecule has 0 saturated heterocycles. The minimum Gasteiger partial charge on any atom is -0.493 e. The van der Waals surface area contributed by atoms with Gasteiger partial charge in [0.1, 0.15) is 0 Å². The van der Waals surface area contributed by atoms with Gasteiger partial charge in [0.15, 0.2) is 11.5 Å². The summed E-state index contributed by atoms with van der Waals surface area (Å²) in [5.41, 5.74) is 4.11. The third-order valence-electron chi connectivity index (χ3n) is 4.92. The van der Waals surface area contributed by atoms with E-state index in [1.807, 2.05) is 42.5 Å². The van der Waals surface area contributed by atoms with Crippen molar-refractivity contribution < 1.29 is 19.1 Å². The van der Waals surface area contributed by atoms with Gasteiger partial charge in [-0.1, -0.05) is 42.5 Å². The fraction of sp³-hybridized carbons (Fsp3) is 0.0385. The number of methoxy groups -OCH3 is 1. The predicted molar refractivity (Wildman–Crippen MR) is 144 cm³/mol. The van der Waals surface area contributed by atoms with E-state index in [1.165, 1.54) is 13.3 Å². The Labute approximate surface area is 218 Å². The van der Waals surface area contributed by atoms with Gasteiger partial charge in [0.25, 0.3) is 5.91 Å². The summed E-state index contributed by atoms with van der Waals surface area (Å²) in [4.78, 5) is 25.2. The number of hydrogen-bond acceptors (Lipinski definition) is 5. The molecule has 8 heteroatoms. The molecule has 1 amide bonds. The smallest absolute Gasteiger partial charge is 0.344 e. The van der Waals surface area contributed by atoms with Crippen LogP contribution in [0.4, 0.5) is 0 Å². The monoisotopic (exact) mass is 628 g/mol. The predicted octanol–water partition coefficient (Wildman–Crippen LogP) is 6.20. The van der Waals surface area contributed by atoms with Crippen LogP contribution < -0.4 is 14.9 Å². The zero-order chi connectivity index (χ0) is 24.1. The molecule has 4 aromatic carbocycles. The second kappa shape index (κ2) is 10.8. The number of fused-ring (bicyclic) bond motifs is 1. The number of ether oxygens (including phenoxy) is 2. The van der Waals surface area contributed by atoms with E-state index < -0.39 is 5.97 Å². The average molecular weight is 629 g/mol. The van der Waals surface area contributed by atoms with Crippen LogP contribution in [-0.2, 0) is 0 Å². The van der Waals surface area contributed by atoms with Crippen LogP contribution >= 0.6 is 38.5 Å². The molecule has 0 radical (unpaired) electrons. The lowest BCUT2D eigenvalue weighted by Gasteiger charge is -2.13. The largest absolute Gasteiger partial charge is 0.493 e. The highest BCUT2D eigenvalue weighted by Gasteiger charge is 2.18. The van der Waals surface area contributed by atoms with E-state index in [1.54, 1.807) is 36.4 Å². The van der Waals surface area contributed by atoms with Crippen molar-refractivity contribution in [2.45, 2.75) is 0 Å². The highest BCUT2D eigenvalue weighted by Crippen LogP contribution is 2.37. The van der Waals surface area contributed by atoms with Crippen LogP contribution in [0.25, 0.3) is 10.8 Å². The fourth-order valence-electron chi connectivity index (χ4n) is 3.32. The van der Waals surface area contributed by atoms with Gasteiger partial charge in [-0.2, -0.15) is 5.10 Å². The number of hydrazone groups is 1. The van der Waals surface area contributed by atoms with E-state index in [2.05, 4.69) is 49.0 Å². The Morgan fingerprint density at radius 2 is 1.76 bits per heavy atom. The van der Waals surface area contributed by atoms with E-state index in [4.69, 9.17) is 9.47 Å². The van der Waals surface area contributed by atoms with Crippen molar-refractivity contribution in [2.75, 3.05) is 7.11 Å². The number of hydrogen-bond donors (Lipinski definition) is 1. The van der Waals surface area contributed by atoms with Crippen molar-refractivity contribution in [3.63, 3.8) is 0 Å². The molecule has 4 rings (SSSR count). The van der Waals surface area contributed by atoms with Crippen LogP contribution in [0.5, 0.6) is 11.5 Å². The summed E-state index contributed by atoms with van der Waals surface area (Å²) in [7, 11) is 1.48. The maximum Gasteiger partial charge on any atom is 0.344 e. The van der Waals surface area contributed by atoms with Crippen molar-refractivity contribution in [2.24, 2.45) is 5.10 Å². The number of halogens is 2. The van der Waals surface area contributed by atoms with E-state index in [0.717, 1.165) is 14.3 Å². The Bertz CT molecular complexity index is 1420. The van der Waals surface area contributed by atoms with Crippen LogP contribution in [0.15, 0.2) is 88.4 Å². The van der Waals surface area contributed by atoms with Gasteiger partial charge in [0.05, 0.1) is 23.4 Å². The molecule has 34 heavy (non-hydrogen) atoms. The number of benzene rings is 4. The highest BCUT2D eigenvalue weighted by atomic mass is 127. The number of nitrogens with zero attached hydrogens (tertiary/aromatic N) is 1. The first-order valence-corrected chi connectivity index (χ1v) is 12.0. The summed E-state index contributed by atoms with van der Waals surface area (Å²) >= 11 is 5.59. The van der Waals surface area contributed by atoms with E-state index in [-0.39, 0.29) is 11.7 Å². The van der Waals surface area contributed by atoms with Crippen molar-refractivity contribution in [3.05, 3.63) is 104 Å². The standard InChI is InChI=1S/C26H18BrIN2O4/c1-33-23-13-16(15-29-30-25(31)18-8-4-9-19(28)14-18)12-22(27)24(23)34-26(32)21-11-5-7-17-6-2-3-10-20(17)21/h2-15H,1H3,(H,30,31)/b29-15-. The van der Waals surface area contributed by atoms with Gasteiger partial charge in [-0.15, -0.1) is 0 Å². The van der Waals surface area contributed by atoms with Crippen molar-refractivity contribution in [1.29, 1.82) is 0 Å². The van der Waals surface area contributed by atoms with E-state index in [0.29, 0.717) is 26.9 Å². The molecule has 0 heterocycles. The van der Waals surface area contributed by atoms with Gasteiger partial charge in [0, 0.05) is 9.13 Å². The lowest BCUT2D eigenvalue weighted by Crippen LogP contribution is -2.17. The molecule has 0 aliphatic rings. The summed E-state index contributed by atoms with van der Waals surface area (Å²) in [6.45, 7) is 0. The topological polar surface area (TPSA) is 77.0 Å². The highest BCUT2D eigenvalue weighted by molar-refractivity contribution is 14.1. The van der Waals surface area contributed by atoms with Gasteiger partial charge >= 0.3 is 5.97 Å². The second-order valence-corrected chi connectivity index (χ2v) is 9.26. The van der Waals surface area contributed by atoms with Crippen molar-refractivity contribution in [1.82, 2.24) is 5.43 Å². The van der Waals surface area contributed by atoms with Crippen LogP contribution in [0.3, 0.4) is 0 Å². The summed E-state index contributed by atoms with van der Waals surface area (Å²) in [6, 6.07) is 23.7. The molecule has 0 atom stereocenters. The zero-order valence-electron chi connectivity index (χ0n) is 17.9. The van der Waals surface area contributed by atoms with Gasteiger partial charge in [-0.25, -0.2) is 10.2 Å².